The Hall–Kier alpha value is -3.08. The molecule has 1 heterocycles. The molecule has 0 atom stereocenters. The number of rotatable bonds is 5. The molecule has 0 bridgehead atoms. The number of hydrogen-bond donors (Lipinski definition) is 1. The first-order valence-corrected chi connectivity index (χ1v) is 9.01. The van der Waals surface area contributed by atoms with Crippen molar-refractivity contribution in [1.82, 2.24) is 4.57 Å². The van der Waals surface area contributed by atoms with Crippen LogP contribution in [-0.4, -0.2) is 23.1 Å². The van der Waals surface area contributed by atoms with Gasteiger partial charge in [-0.25, -0.2) is 4.79 Å². The van der Waals surface area contributed by atoms with Crippen LogP contribution in [0.15, 0.2) is 48.5 Å². The van der Waals surface area contributed by atoms with Gasteiger partial charge in [0.2, 0.25) is 0 Å². The van der Waals surface area contributed by atoms with Gasteiger partial charge in [0.05, 0.1) is 5.56 Å². The molecule has 3 aromatic rings. The first kappa shape index (κ1) is 18.7. The van der Waals surface area contributed by atoms with E-state index < -0.39 is 5.97 Å². The highest BCUT2D eigenvalue weighted by Crippen LogP contribution is 2.23. The molecule has 0 aliphatic rings. The minimum absolute atomic E-state index is 0.251. The molecule has 0 aliphatic heterocycles. The predicted molar refractivity (Wildman–Crippen MR) is 107 cm³/mol. The third-order valence-electron chi connectivity index (χ3n) is 4.62. The Morgan fingerprint density at radius 3 is 2.48 bits per heavy atom. The number of ether oxygens (including phenoxy) is 1. The van der Waals surface area contributed by atoms with Gasteiger partial charge < -0.3 is 14.6 Å². The summed E-state index contributed by atoms with van der Waals surface area (Å²) in [7, 11) is 0. The van der Waals surface area contributed by atoms with Crippen molar-refractivity contribution in [3.63, 3.8) is 0 Å². The molecule has 140 valence electrons. The minimum Gasteiger partial charge on any atom is -0.452 e. The van der Waals surface area contributed by atoms with Gasteiger partial charge in [0.15, 0.2) is 6.61 Å². The maximum absolute atomic E-state index is 12.4. The quantitative estimate of drug-likeness (QED) is 0.671. The number of esters is 1. The first-order chi connectivity index (χ1) is 12.9. The van der Waals surface area contributed by atoms with Crippen molar-refractivity contribution >= 4 is 28.3 Å². The molecule has 0 fully saturated rings. The SMILES string of the molecule is Cc1cc(C(=O)OCC(=O)Nc2cccc3ccccc23)c(C)n1C(C)C. The van der Waals surface area contributed by atoms with E-state index in [1.54, 1.807) is 6.07 Å². The molecule has 0 unspecified atom stereocenters. The van der Waals surface area contributed by atoms with Gasteiger partial charge in [0.1, 0.15) is 0 Å². The molecule has 1 amide bonds. The van der Waals surface area contributed by atoms with Crippen molar-refractivity contribution in [1.29, 1.82) is 0 Å². The van der Waals surface area contributed by atoms with Crippen molar-refractivity contribution in [3.05, 3.63) is 65.5 Å². The van der Waals surface area contributed by atoms with Gasteiger partial charge in [-0.05, 0) is 45.2 Å². The van der Waals surface area contributed by atoms with Crippen LogP contribution in [0.1, 0.15) is 41.6 Å². The van der Waals surface area contributed by atoms with Crippen molar-refractivity contribution in [2.45, 2.75) is 33.7 Å². The highest BCUT2D eigenvalue weighted by Gasteiger charge is 2.19. The third-order valence-corrected chi connectivity index (χ3v) is 4.62. The fourth-order valence-electron chi connectivity index (χ4n) is 3.51. The van der Waals surface area contributed by atoms with E-state index in [4.69, 9.17) is 4.74 Å². The summed E-state index contributed by atoms with van der Waals surface area (Å²) in [6.07, 6.45) is 0. The first-order valence-electron chi connectivity index (χ1n) is 9.01. The number of aryl methyl sites for hydroxylation is 1. The fraction of sp³-hybridized carbons (Fsp3) is 0.273. The van der Waals surface area contributed by atoms with E-state index in [1.807, 2.05) is 56.3 Å². The van der Waals surface area contributed by atoms with Gasteiger partial charge in [-0.15, -0.1) is 0 Å². The number of carbonyl (C=O) groups excluding carboxylic acids is 2. The molecule has 5 heteroatoms. The van der Waals surface area contributed by atoms with Crippen molar-refractivity contribution < 1.29 is 14.3 Å². The average molecular weight is 364 g/mol. The monoisotopic (exact) mass is 364 g/mol. The number of hydrogen-bond acceptors (Lipinski definition) is 3. The second kappa shape index (κ2) is 7.66. The number of amides is 1. The highest BCUT2D eigenvalue weighted by molar-refractivity contribution is 6.03. The largest absolute Gasteiger partial charge is 0.452 e. The fourth-order valence-corrected chi connectivity index (χ4v) is 3.51. The molecule has 0 saturated carbocycles. The smallest absolute Gasteiger partial charge is 0.340 e. The number of aromatic nitrogens is 1. The Labute approximate surface area is 158 Å². The summed E-state index contributed by atoms with van der Waals surface area (Å²) in [6.45, 7) is 7.64. The third kappa shape index (κ3) is 3.87. The maximum atomic E-state index is 12.4. The molecule has 0 saturated heterocycles. The number of carbonyl (C=O) groups is 2. The molecular weight excluding hydrogens is 340 g/mol. The second-order valence-corrected chi connectivity index (χ2v) is 6.90. The topological polar surface area (TPSA) is 60.3 Å². The van der Waals surface area contributed by atoms with Gasteiger partial charge in [-0.2, -0.15) is 0 Å². The summed E-state index contributed by atoms with van der Waals surface area (Å²) >= 11 is 0. The van der Waals surface area contributed by atoms with E-state index in [0.29, 0.717) is 11.3 Å². The Kier molecular flexibility index (Phi) is 5.31. The van der Waals surface area contributed by atoms with Gasteiger partial charge in [-0.1, -0.05) is 36.4 Å². The molecule has 2 aromatic carbocycles. The van der Waals surface area contributed by atoms with Gasteiger partial charge >= 0.3 is 5.97 Å². The van der Waals surface area contributed by atoms with E-state index in [2.05, 4.69) is 23.7 Å². The molecule has 0 aliphatic carbocycles. The lowest BCUT2D eigenvalue weighted by Gasteiger charge is -2.13. The van der Waals surface area contributed by atoms with Crippen LogP contribution in [0.2, 0.25) is 0 Å². The summed E-state index contributed by atoms with van der Waals surface area (Å²) in [5.74, 6) is -0.847. The van der Waals surface area contributed by atoms with Gasteiger partial charge in [-0.3, -0.25) is 4.79 Å². The van der Waals surface area contributed by atoms with E-state index in [9.17, 15) is 9.59 Å². The zero-order valence-electron chi connectivity index (χ0n) is 16.1. The van der Waals surface area contributed by atoms with E-state index in [0.717, 1.165) is 22.2 Å². The molecular formula is C22H24N2O3. The predicted octanol–water partition coefficient (Wildman–Crippen LogP) is 4.63. The number of benzene rings is 2. The molecule has 5 nitrogen and oxygen atoms in total. The molecule has 0 radical (unpaired) electrons. The van der Waals surface area contributed by atoms with Gasteiger partial charge in [0, 0.05) is 28.5 Å². The standard InChI is InChI=1S/C22H24N2O3/c1-14(2)24-15(3)12-19(16(24)4)22(26)27-13-21(25)23-20-11-7-9-17-8-5-6-10-18(17)20/h5-12,14H,13H2,1-4H3,(H,23,25). The second-order valence-electron chi connectivity index (χ2n) is 6.90. The van der Waals surface area contributed by atoms with E-state index >= 15 is 0 Å². The lowest BCUT2D eigenvalue weighted by atomic mass is 10.1. The zero-order chi connectivity index (χ0) is 19.6. The molecule has 1 N–H and O–H groups in total. The van der Waals surface area contributed by atoms with Crippen molar-refractivity contribution in [2.75, 3.05) is 11.9 Å². The van der Waals surface area contributed by atoms with Crippen LogP contribution in [0.4, 0.5) is 5.69 Å². The Balaban J connectivity index is 1.67. The lowest BCUT2D eigenvalue weighted by Crippen LogP contribution is -2.21. The molecule has 3 rings (SSSR count). The number of nitrogens with one attached hydrogen (secondary N) is 1. The Morgan fingerprint density at radius 1 is 1.07 bits per heavy atom. The minimum atomic E-state index is -0.483. The zero-order valence-corrected chi connectivity index (χ0v) is 16.1. The Morgan fingerprint density at radius 2 is 1.78 bits per heavy atom. The van der Waals surface area contributed by atoms with Crippen molar-refractivity contribution in [3.8, 4) is 0 Å². The summed E-state index contributed by atoms with van der Waals surface area (Å²) in [6, 6.07) is 15.5. The Bertz CT molecular complexity index is 997. The van der Waals surface area contributed by atoms with Crippen LogP contribution in [0.25, 0.3) is 10.8 Å². The van der Waals surface area contributed by atoms with Crippen LogP contribution in [-0.2, 0) is 9.53 Å². The summed E-state index contributed by atoms with van der Waals surface area (Å²) in [5.41, 5.74) is 3.04. The molecule has 0 spiro atoms. The number of nitrogens with zero attached hydrogens (tertiary/aromatic N) is 1. The molecule has 1 aromatic heterocycles. The van der Waals surface area contributed by atoms with E-state index in [1.165, 1.54) is 0 Å². The van der Waals surface area contributed by atoms with Crippen LogP contribution >= 0.6 is 0 Å². The normalized spacial score (nSPS) is 11.0. The highest BCUT2D eigenvalue weighted by atomic mass is 16.5. The number of fused-ring (bicyclic) bond motifs is 1. The number of anilines is 1. The van der Waals surface area contributed by atoms with E-state index in [-0.39, 0.29) is 18.6 Å². The lowest BCUT2D eigenvalue weighted by molar-refractivity contribution is -0.119. The van der Waals surface area contributed by atoms with Crippen LogP contribution in [0.3, 0.4) is 0 Å². The summed E-state index contributed by atoms with van der Waals surface area (Å²) in [5, 5.41) is 4.80. The average Bonchev–Trinajstić information content (AvgIpc) is 2.94. The summed E-state index contributed by atoms with van der Waals surface area (Å²) < 4.78 is 7.31. The van der Waals surface area contributed by atoms with Crippen molar-refractivity contribution in [2.24, 2.45) is 0 Å². The van der Waals surface area contributed by atoms with Crippen LogP contribution < -0.4 is 5.32 Å². The summed E-state index contributed by atoms with van der Waals surface area (Å²) in [4.78, 5) is 24.7. The van der Waals surface area contributed by atoms with Gasteiger partial charge in [0.25, 0.3) is 5.91 Å². The van der Waals surface area contributed by atoms with Crippen LogP contribution in [0.5, 0.6) is 0 Å². The maximum Gasteiger partial charge on any atom is 0.340 e. The molecule has 27 heavy (non-hydrogen) atoms. The van der Waals surface area contributed by atoms with Crippen LogP contribution in [0, 0.1) is 13.8 Å².